The van der Waals surface area contributed by atoms with E-state index in [1.54, 1.807) is 6.92 Å². The fraction of sp³-hybridized carbons (Fsp3) is 0.750. The van der Waals surface area contributed by atoms with Crippen molar-refractivity contribution < 1.29 is 14.6 Å². The van der Waals surface area contributed by atoms with E-state index >= 15 is 0 Å². The number of rotatable bonds is 6. The molecule has 2 atom stereocenters. The normalized spacial score (nSPS) is 16.9. The van der Waals surface area contributed by atoms with Gasteiger partial charge in [0.2, 0.25) is 0 Å². The van der Waals surface area contributed by atoms with E-state index in [0.29, 0.717) is 12.0 Å². The van der Waals surface area contributed by atoms with Gasteiger partial charge in [-0.3, -0.25) is 4.79 Å². The number of carbonyl (C=O) groups excluding carboxylic acids is 1. The van der Waals surface area contributed by atoms with E-state index in [9.17, 15) is 9.90 Å². The summed E-state index contributed by atoms with van der Waals surface area (Å²) in [5, 5.41) is 9.80. The molecule has 0 radical (unpaired) electrons. The molecule has 0 aromatic rings. The molecule has 0 amide bonds. The van der Waals surface area contributed by atoms with Crippen LogP contribution in [0.2, 0.25) is 0 Å². The number of ketones is 1. The van der Waals surface area contributed by atoms with Crippen LogP contribution >= 0.6 is 0 Å². The second kappa shape index (κ2) is 6.62. The van der Waals surface area contributed by atoms with Gasteiger partial charge in [0.25, 0.3) is 0 Å². The van der Waals surface area contributed by atoms with Crippen molar-refractivity contribution >= 4 is 5.78 Å². The maximum Gasteiger partial charge on any atom is 0.190 e. The van der Waals surface area contributed by atoms with E-state index < -0.39 is 6.10 Å². The number of aliphatic hydroxyl groups is 1. The summed E-state index contributed by atoms with van der Waals surface area (Å²) < 4.78 is 5.05. The Morgan fingerprint density at radius 3 is 2.20 bits per heavy atom. The third-order valence-corrected chi connectivity index (χ3v) is 2.78. The van der Waals surface area contributed by atoms with Crippen LogP contribution in [0, 0.1) is 5.92 Å². The number of methoxy groups -OCH3 is 1. The third kappa shape index (κ3) is 3.67. The molecule has 0 aromatic heterocycles. The number of aliphatic hydroxyl groups excluding tert-OH is 1. The third-order valence-electron chi connectivity index (χ3n) is 2.78. The van der Waals surface area contributed by atoms with Crippen molar-refractivity contribution in [2.75, 3.05) is 7.11 Å². The first kappa shape index (κ1) is 14.2. The number of hydrogen-bond acceptors (Lipinski definition) is 3. The molecule has 0 aromatic carbocycles. The molecule has 0 saturated heterocycles. The van der Waals surface area contributed by atoms with E-state index in [-0.39, 0.29) is 17.5 Å². The topological polar surface area (TPSA) is 46.5 Å². The van der Waals surface area contributed by atoms with Crippen LogP contribution in [0.4, 0.5) is 0 Å². The van der Waals surface area contributed by atoms with E-state index in [2.05, 4.69) is 0 Å². The Labute approximate surface area is 92.1 Å². The number of ether oxygens (including phenoxy) is 1. The molecule has 0 saturated carbocycles. The lowest BCUT2D eigenvalue weighted by Crippen LogP contribution is -2.24. The molecule has 0 aliphatic heterocycles. The first-order valence-electron chi connectivity index (χ1n) is 5.46. The van der Waals surface area contributed by atoms with Crippen LogP contribution in [0.3, 0.4) is 0 Å². The van der Waals surface area contributed by atoms with Gasteiger partial charge in [-0.15, -0.1) is 0 Å². The van der Waals surface area contributed by atoms with Crippen molar-refractivity contribution in [3.63, 3.8) is 0 Å². The minimum absolute atomic E-state index is 0.0308. The van der Waals surface area contributed by atoms with Crippen molar-refractivity contribution in [3.05, 3.63) is 11.3 Å². The van der Waals surface area contributed by atoms with Crippen LogP contribution < -0.4 is 0 Å². The highest BCUT2D eigenvalue weighted by molar-refractivity contribution is 5.98. The smallest absolute Gasteiger partial charge is 0.190 e. The summed E-state index contributed by atoms with van der Waals surface area (Å²) in [6.07, 6.45) is 1.01. The molecule has 0 heterocycles. The molecule has 0 spiro atoms. The summed E-state index contributed by atoms with van der Waals surface area (Å²) in [7, 11) is 1.51. The standard InChI is InChI=1S/C12H22O3/c1-6-8(3)11(13)9(4)12(14)10(7-2)15-5/h8,10,13H,6-7H2,1-5H3/t8-,10+/m1/s1. The Kier molecular flexibility index (Phi) is 6.25. The Bertz CT molecular complexity index is 239. The summed E-state index contributed by atoms with van der Waals surface area (Å²) in [5.74, 6) is 0.110. The van der Waals surface area contributed by atoms with Gasteiger partial charge in [-0.2, -0.15) is 0 Å². The fourth-order valence-electron chi connectivity index (χ4n) is 1.39. The van der Waals surface area contributed by atoms with Gasteiger partial charge in [0, 0.05) is 18.6 Å². The summed E-state index contributed by atoms with van der Waals surface area (Å²) in [6, 6.07) is 0. The summed E-state index contributed by atoms with van der Waals surface area (Å²) >= 11 is 0. The monoisotopic (exact) mass is 214 g/mol. The van der Waals surface area contributed by atoms with E-state index in [1.165, 1.54) is 7.11 Å². The number of carbonyl (C=O) groups is 1. The minimum Gasteiger partial charge on any atom is -0.512 e. The average molecular weight is 214 g/mol. The van der Waals surface area contributed by atoms with Gasteiger partial charge in [0.15, 0.2) is 5.78 Å². The lowest BCUT2D eigenvalue weighted by molar-refractivity contribution is -0.125. The fourth-order valence-corrected chi connectivity index (χ4v) is 1.39. The van der Waals surface area contributed by atoms with Crippen LogP contribution in [0.25, 0.3) is 0 Å². The predicted molar refractivity (Wildman–Crippen MR) is 60.9 cm³/mol. The minimum atomic E-state index is -0.434. The van der Waals surface area contributed by atoms with Crippen LogP contribution in [0.15, 0.2) is 11.3 Å². The highest BCUT2D eigenvalue weighted by Gasteiger charge is 2.21. The number of allylic oxidation sites excluding steroid dienone is 1. The molecule has 88 valence electrons. The predicted octanol–water partition coefficient (Wildman–Crippen LogP) is 2.86. The summed E-state index contributed by atoms with van der Waals surface area (Å²) in [5.41, 5.74) is 0.429. The second-order valence-electron chi connectivity index (χ2n) is 3.82. The molecule has 0 fully saturated rings. The first-order chi connectivity index (χ1) is 6.99. The Morgan fingerprint density at radius 2 is 1.87 bits per heavy atom. The molecule has 15 heavy (non-hydrogen) atoms. The zero-order chi connectivity index (χ0) is 12.0. The maximum absolute atomic E-state index is 11.8. The lowest BCUT2D eigenvalue weighted by Gasteiger charge is -2.15. The maximum atomic E-state index is 11.8. The van der Waals surface area contributed by atoms with Gasteiger partial charge in [-0.25, -0.2) is 0 Å². The largest absolute Gasteiger partial charge is 0.512 e. The number of Topliss-reactive ketones (excluding diaryl/α,β-unsaturated/α-hetero) is 1. The summed E-state index contributed by atoms with van der Waals surface area (Å²) in [6.45, 7) is 7.43. The van der Waals surface area contributed by atoms with Crippen molar-refractivity contribution in [3.8, 4) is 0 Å². The van der Waals surface area contributed by atoms with E-state index in [1.807, 2.05) is 20.8 Å². The van der Waals surface area contributed by atoms with E-state index in [4.69, 9.17) is 4.74 Å². The van der Waals surface area contributed by atoms with Crippen molar-refractivity contribution in [1.29, 1.82) is 0 Å². The van der Waals surface area contributed by atoms with Crippen LogP contribution in [-0.4, -0.2) is 24.1 Å². The van der Waals surface area contributed by atoms with Crippen LogP contribution in [-0.2, 0) is 9.53 Å². The van der Waals surface area contributed by atoms with Crippen LogP contribution in [0.5, 0.6) is 0 Å². The molecule has 0 aliphatic rings. The highest BCUT2D eigenvalue weighted by Crippen LogP contribution is 2.18. The Hall–Kier alpha value is -0.830. The van der Waals surface area contributed by atoms with Crippen molar-refractivity contribution in [2.24, 2.45) is 5.92 Å². The molecule has 3 heteroatoms. The van der Waals surface area contributed by atoms with Gasteiger partial charge < -0.3 is 9.84 Å². The van der Waals surface area contributed by atoms with Crippen molar-refractivity contribution in [1.82, 2.24) is 0 Å². The van der Waals surface area contributed by atoms with E-state index in [0.717, 1.165) is 6.42 Å². The molecule has 0 unspecified atom stereocenters. The van der Waals surface area contributed by atoms with Gasteiger partial charge in [0.05, 0.1) is 0 Å². The van der Waals surface area contributed by atoms with Gasteiger partial charge in [-0.1, -0.05) is 20.8 Å². The Balaban J connectivity index is 4.81. The van der Waals surface area contributed by atoms with Crippen LogP contribution in [0.1, 0.15) is 40.5 Å². The molecular formula is C12H22O3. The average Bonchev–Trinajstić information content (AvgIpc) is 2.27. The second-order valence-corrected chi connectivity index (χ2v) is 3.82. The molecule has 0 rings (SSSR count). The molecule has 0 bridgehead atoms. The SMILES string of the molecule is CC[C@@H](C)C(O)=C(C)C(=O)[C@H](CC)OC. The summed E-state index contributed by atoms with van der Waals surface area (Å²) in [4.78, 5) is 11.8. The quantitative estimate of drug-likeness (QED) is 0.546. The van der Waals surface area contributed by atoms with Gasteiger partial charge in [0.1, 0.15) is 11.9 Å². The van der Waals surface area contributed by atoms with Gasteiger partial charge >= 0.3 is 0 Å². The zero-order valence-electron chi connectivity index (χ0n) is 10.3. The van der Waals surface area contributed by atoms with Crippen molar-refractivity contribution in [2.45, 2.75) is 46.6 Å². The molecule has 1 N–H and O–H groups in total. The molecule has 3 nitrogen and oxygen atoms in total. The zero-order valence-corrected chi connectivity index (χ0v) is 10.3. The lowest BCUT2D eigenvalue weighted by atomic mass is 9.98. The Morgan fingerprint density at radius 1 is 1.33 bits per heavy atom. The first-order valence-corrected chi connectivity index (χ1v) is 5.46. The highest BCUT2D eigenvalue weighted by atomic mass is 16.5. The number of hydrogen-bond donors (Lipinski definition) is 1. The van der Waals surface area contributed by atoms with Gasteiger partial charge in [-0.05, 0) is 19.8 Å². The molecule has 0 aliphatic carbocycles. The molecular weight excluding hydrogens is 192 g/mol.